The van der Waals surface area contributed by atoms with Crippen molar-refractivity contribution >= 4 is 28.4 Å². The number of rotatable bonds is 6. The smallest absolute Gasteiger partial charge is 0.240 e. The van der Waals surface area contributed by atoms with Crippen LogP contribution in [0.25, 0.3) is 10.9 Å². The number of nitrogens with one attached hydrogen (secondary N) is 1. The Morgan fingerprint density at radius 2 is 1.88 bits per heavy atom. The lowest BCUT2D eigenvalue weighted by molar-refractivity contribution is -0.133. The topological polar surface area (TPSA) is 62.1 Å². The van der Waals surface area contributed by atoms with Crippen molar-refractivity contribution in [2.75, 3.05) is 6.54 Å². The van der Waals surface area contributed by atoms with Crippen molar-refractivity contribution in [2.24, 2.45) is 5.73 Å². The van der Waals surface area contributed by atoms with Crippen LogP contribution in [0, 0.1) is 0 Å². The van der Waals surface area contributed by atoms with Gasteiger partial charge in [-0.25, -0.2) is 0 Å². The molecule has 1 heterocycles. The molecule has 0 saturated carbocycles. The lowest BCUT2D eigenvalue weighted by Gasteiger charge is -2.25. The van der Waals surface area contributed by atoms with Gasteiger partial charge in [-0.15, -0.1) is 0 Å². The minimum absolute atomic E-state index is 0.0623. The standard InChI is InChI=1S/C20H22ClN3O/c1-2-24(13-14-7-3-5-9-17(14)21)20(25)18(22)11-15-12-23-19-10-6-4-8-16(15)19/h3-10,12,18,23H,2,11,13,22H2,1H3/t18-/m0/s1. The molecule has 3 rings (SSSR count). The lowest BCUT2D eigenvalue weighted by Crippen LogP contribution is -2.44. The number of fused-ring (bicyclic) bond motifs is 1. The lowest BCUT2D eigenvalue weighted by atomic mass is 10.0. The maximum Gasteiger partial charge on any atom is 0.240 e. The molecule has 0 unspecified atom stereocenters. The predicted octanol–water partition coefficient (Wildman–Crippen LogP) is 3.74. The normalized spacial score (nSPS) is 12.3. The average Bonchev–Trinajstić information content (AvgIpc) is 3.03. The van der Waals surface area contributed by atoms with E-state index in [1.165, 1.54) is 0 Å². The molecule has 4 nitrogen and oxygen atoms in total. The van der Waals surface area contributed by atoms with Gasteiger partial charge in [-0.05, 0) is 36.6 Å². The Labute approximate surface area is 152 Å². The zero-order valence-electron chi connectivity index (χ0n) is 14.2. The third-order valence-electron chi connectivity index (χ3n) is 4.44. The van der Waals surface area contributed by atoms with E-state index in [4.69, 9.17) is 17.3 Å². The molecular formula is C20H22ClN3O. The summed E-state index contributed by atoms with van der Waals surface area (Å²) in [7, 11) is 0. The highest BCUT2D eigenvalue weighted by atomic mass is 35.5. The van der Waals surface area contributed by atoms with E-state index in [0.717, 1.165) is 22.0 Å². The van der Waals surface area contributed by atoms with Gasteiger partial charge >= 0.3 is 0 Å². The second kappa shape index (κ2) is 7.72. The Morgan fingerprint density at radius 1 is 1.16 bits per heavy atom. The van der Waals surface area contributed by atoms with Crippen LogP contribution in [-0.4, -0.2) is 28.4 Å². The molecule has 0 bridgehead atoms. The molecule has 3 N–H and O–H groups in total. The van der Waals surface area contributed by atoms with E-state index in [1.54, 1.807) is 4.90 Å². The largest absolute Gasteiger partial charge is 0.361 e. The number of aromatic nitrogens is 1. The summed E-state index contributed by atoms with van der Waals surface area (Å²) in [6.45, 7) is 3.01. The second-order valence-corrected chi connectivity index (χ2v) is 6.52. The van der Waals surface area contributed by atoms with Crippen LogP contribution >= 0.6 is 11.6 Å². The summed E-state index contributed by atoms with van der Waals surface area (Å²) in [6.07, 6.45) is 2.43. The van der Waals surface area contributed by atoms with Crippen molar-refractivity contribution in [1.29, 1.82) is 0 Å². The van der Waals surface area contributed by atoms with Gasteiger partial charge in [0.05, 0.1) is 6.04 Å². The van der Waals surface area contributed by atoms with Crippen LogP contribution in [0.5, 0.6) is 0 Å². The first-order valence-corrected chi connectivity index (χ1v) is 8.80. The molecule has 0 aliphatic rings. The van der Waals surface area contributed by atoms with Gasteiger partial charge in [0.1, 0.15) is 0 Å². The fraction of sp³-hybridized carbons (Fsp3) is 0.250. The molecule has 1 aromatic heterocycles. The number of amides is 1. The number of aromatic amines is 1. The van der Waals surface area contributed by atoms with Crippen molar-refractivity contribution in [2.45, 2.75) is 25.9 Å². The minimum atomic E-state index is -0.582. The number of H-pyrrole nitrogens is 1. The quantitative estimate of drug-likeness (QED) is 0.707. The zero-order valence-corrected chi connectivity index (χ0v) is 15.0. The molecule has 1 amide bonds. The number of carbonyl (C=O) groups is 1. The maximum atomic E-state index is 12.8. The van der Waals surface area contributed by atoms with Gasteiger partial charge in [-0.2, -0.15) is 0 Å². The summed E-state index contributed by atoms with van der Waals surface area (Å²) in [6, 6.07) is 15.0. The molecule has 0 aliphatic carbocycles. The highest BCUT2D eigenvalue weighted by Crippen LogP contribution is 2.20. The monoisotopic (exact) mass is 355 g/mol. The van der Waals surface area contributed by atoms with Gasteiger partial charge < -0.3 is 15.6 Å². The number of carbonyl (C=O) groups excluding carboxylic acids is 1. The molecular weight excluding hydrogens is 334 g/mol. The summed E-state index contributed by atoms with van der Waals surface area (Å²) in [5.74, 6) is -0.0623. The SMILES string of the molecule is CCN(Cc1ccccc1Cl)C(=O)[C@@H](N)Cc1c[nH]c2ccccc12. The van der Waals surface area contributed by atoms with Crippen LogP contribution < -0.4 is 5.73 Å². The third kappa shape index (κ3) is 3.86. The highest BCUT2D eigenvalue weighted by molar-refractivity contribution is 6.31. The van der Waals surface area contributed by atoms with E-state index >= 15 is 0 Å². The van der Waals surface area contributed by atoms with Crippen molar-refractivity contribution in [3.05, 3.63) is 70.9 Å². The highest BCUT2D eigenvalue weighted by Gasteiger charge is 2.22. The van der Waals surface area contributed by atoms with E-state index in [-0.39, 0.29) is 5.91 Å². The molecule has 3 aromatic rings. The van der Waals surface area contributed by atoms with Crippen molar-refractivity contribution in [3.63, 3.8) is 0 Å². The zero-order chi connectivity index (χ0) is 17.8. The molecule has 0 aliphatic heterocycles. The molecule has 0 radical (unpaired) electrons. The van der Waals surface area contributed by atoms with Crippen molar-refractivity contribution in [1.82, 2.24) is 9.88 Å². The van der Waals surface area contributed by atoms with Gasteiger partial charge in [0.2, 0.25) is 5.91 Å². The van der Waals surface area contributed by atoms with E-state index < -0.39 is 6.04 Å². The number of hydrogen-bond donors (Lipinski definition) is 2. The molecule has 2 aromatic carbocycles. The van der Waals surface area contributed by atoms with Crippen molar-refractivity contribution in [3.8, 4) is 0 Å². The molecule has 5 heteroatoms. The second-order valence-electron chi connectivity index (χ2n) is 6.11. The van der Waals surface area contributed by atoms with Gasteiger partial charge in [0, 0.05) is 35.2 Å². The first-order chi connectivity index (χ1) is 12.1. The van der Waals surface area contributed by atoms with Gasteiger partial charge in [0.15, 0.2) is 0 Å². The van der Waals surface area contributed by atoms with Crippen LogP contribution in [0.3, 0.4) is 0 Å². The third-order valence-corrected chi connectivity index (χ3v) is 4.81. The van der Waals surface area contributed by atoms with E-state index in [9.17, 15) is 4.79 Å². The first kappa shape index (κ1) is 17.5. The predicted molar refractivity (Wildman–Crippen MR) is 103 cm³/mol. The summed E-state index contributed by atoms with van der Waals surface area (Å²) >= 11 is 6.22. The Balaban J connectivity index is 1.73. The Hall–Kier alpha value is -2.30. The number of halogens is 1. The van der Waals surface area contributed by atoms with Gasteiger partial charge in [-0.3, -0.25) is 4.79 Å². The fourth-order valence-electron chi connectivity index (χ4n) is 3.04. The first-order valence-electron chi connectivity index (χ1n) is 8.43. The average molecular weight is 356 g/mol. The number of hydrogen-bond acceptors (Lipinski definition) is 2. The van der Waals surface area contributed by atoms with Crippen LogP contribution in [0.4, 0.5) is 0 Å². The molecule has 1 atom stereocenters. The summed E-state index contributed by atoms with van der Waals surface area (Å²) < 4.78 is 0. The molecule has 0 saturated heterocycles. The number of nitrogens with two attached hydrogens (primary N) is 1. The van der Waals surface area contributed by atoms with Crippen LogP contribution in [-0.2, 0) is 17.8 Å². The number of para-hydroxylation sites is 1. The number of benzene rings is 2. The van der Waals surface area contributed by atoms with E-state index in [1.807, 2.05) is 61.7 Å². The minimum Gasteiger partial charge on any atom is -0.361 e. The molecule has 25 heavy (non-hydrogen) atoms. The van der Waals surface area contributed by atoms with E-state index in [2.05, 4.69) is 4.98 Å². The Kier molecular flexibility index (Phi) is 5.41. The molecule has 0 fully saturated rings. The van der Waals surface area contributed by atoms with Crippen LogP contribution in [0.2, 0.25) is 5.02 Å². The maximum absolute atomic E-state index is 12.8. The molecule has 130 valence electrons. The van der Waals surface area contributed by atoms with Gasteiger partial charge in [0.25, 0.3) is 0 Å². The number of likely N-dealkylation sites (N-methyl/N-ethyl adjacent to an activating group) is 1. The fourth-order valence-corrected chi connectivity index (χ4v) is 3.23. The molecule has 0 spiro atoms. The summed E-state index contributed by atoms with van der Waals surface area (Å²) in [5.41, 5.74) is 9.28. The van der Waals surface area contributed by atoms with Gasteiger partial charge in [-0.1, -0.05) is 48.0 Å². The Bertz CT molecular complexity index is 874. The van der Waals surface area contributed by atoms with Crippen LogP contribution in [0.1, 0.15) is 18.1 Å². The van der Waals surface area contributed by atoms with Crippen molar-refractivity contribution < 1.29 is 4.79 Å². The van der Waals surface area contributed by atoms with Crippen LogP contribution in [0.15, 0.2) is 54.7 Å². The summed E-state index contributed by atoms with van der Waals surface area (Å²) in [4.78, 5) is 17.8. The summed E-state index contributed by atoms with van der Waals surface area (Å²) in [5, 5.41) is 1.78. The van der Waals surface area contributed by atoms with E-state index in [0.29, 0.717) is 24.5 Å². The number of nitrogens with zero attached hydrogens (tertiary/aromatic N) is 1. The Morgan fingerprint density at radius 3 is 2.64 bits per heavy atom.